The number of amidine groups is 2. The second kappa shape index (κ2) is 9.07. The highest BCUT2D eigenvalue weighted by molar-refractivity contribution is 8.15. The van der Waals surface area contributed by atoms with Crippen LogP contribution in [-0.2, 0) is 11.3 Å². The van der Waals surface area contributed by atoms with Crippen LogP contribution in [0.15, 0.2) is 57.3 Å². The summed E-state index contributed by atoms with van der Waals surface area (Å²) in [7, 11) is 0. The molecular weight excluding hydrogens is 448 g/mol. The third-order valence-electron chi connectivity index (χ3n) is 4.29. The molecule has 2 aromatic rings. The minimum atomic E-state index is -0.630. The molecule has 2 aliphatic rings. The van der Waals surface area contributed by atoms with E-state index in [1.165, 1.54) is 22.9 Å². The molecule has 1 atom stereocenters. The lowest BCUT2D eigenvalue weighted by molar-refractivity contribution is -0.126. The molecule has 1 unspecified atom stereocenters. The summed E-state index contributed by atoms with van der Waals surface area (Å²) in [6.07, 6.45) is 1.54. The van der Waals surface area contributed by atoms with Crippen molar-refractivity contribution in [2.45, 2.75) is 18.2 Å². The largest absolute Gasteiger partial charge is 0.467 e. The number of carbonyl (C=O) groups excluding carboxylic acids is 3. The average Bonchev–Trinajstić information content (AvgIpc) is 3.45. The van der Waals surface area contributed by atoms with Crippen molar-refractivity contribution in [3.63, 3.8) is 0 Å². The molecule has 4 rings (SSSR count). The van der Waals surface area contributed by atoms with Gasteiger partial charge >= 0.3 is 0 Å². The van der Waals surface area contributed by atoms with E-state index in [2.05, 4.69) is 15.5 Å². The zero-order valence-electron chi connectivity index (χ0n) is 15.4. The van der Waals surface area contributed by atoms with Crippen LogP contribution in [0.25, 0.3) is 0 Å². The molecule has 2 saturated heterocycles. The first-order valence-corrected chi connectivity index (χ1v) is 11.1. The van der Waals surface area contributed by atoms with Gasteiger partial charge in [0, 0.05) is 17.0 Å². The number of nitrogens with one attached hydrogen (secondary N) is 1. The van der Waals surface area contributed by atoms with Gasteiger partial charge in [-0.1, -0.05) is 35.1 Å². The van der Waals surface area contributed by atoms with E-state index < -0.39 is 5.25 Å². The molecule has 1 N–H and O–H groups in total. The Morgan fingerprint density at radius 2 is 2.03 bits per heavy atom. The molecule has 8 nitrogen and oxygen atoms in total. The molecule has 3 heterocycles. The number of rotatable bonds is 6. The molecule has 2 fully saturated rings. The summed E-state index contributed by atoms with van der Waals surface area (Å²) in [4.78, 5) is 38.4. The van der Waals surface area contributed by atoms with Gasteiger partial charge in [0.25, 0.3) is 5.24 Å². The van der Waals surface area contributed by atoms with E-state index in [-0.39, 0.29) is 29.9 Å². The van der Waals surface area contributed by atoms with Gasteiger partial charge in [0.1, 0.15) is 11.6 Å². The zero-order valence-corrected chi connectivity index (χ0v) is 17.8. The number of halogens is 1. The second-order valence-corrected chi connectivity index (χ2v) is 8.93. The standard InChI is InChI=1S/C19H15ClN4O4S2/c20-12-5-3-11(4-6-12)14(25)8-15-17(26)24(9-13-2-1-7-28-13)18(30-15)23-22-16-10-29-19(27)21-16/h1-7,15H,8-10H2,(H,21,22,27). The summed E-state index contributed by atoms with van der Waals surface area (Å²) < 4.78 is 5.35. The van der Waals surface area contributed by atoms with Crippen molar-refractivity contribution in [3.8, 4) is 0 Å². The molecule has 1 aromatic heterocycles. The summed E-state index contributed by atoms with van der Waals surface area (Å²) in [6.45, 7) is 0.176. The van der Waals surface area contributed by atoms with Gasteiger partial charge < -0.3 is 9.73 Å². The lowest BCUT2D eigenvalue weighted by Gasteiger charge is -2.14. The van der Waals surface area contributed by atoms with E-state index in [0.717, 1.165) is 11.8 Å². The van der Waals surface area contributed by atoms with E-state index in [4.69, 9.17) is 16.0 Å². The maximum Gasteiger partial charge on any atom is 0.284 e. The van der Waals surface area contributed by atoms with Crippen molar-refractivity contribution >= 4 is 63.1 Å². The van der Waals surface area contributed by atoms with Gasteiger partial charge in [0.2, 0.25) is 5.91 Å². The topological polar surface area (TPSA) is 104 Å². The zero-order chi connectivity index (χ0) is 21.1. The molecule has 2 aliphatic heterocycles. The summed E-state index contributed by atoms with van der Waals surface area (Å²) in [5, 5.41) is 10.9. The number of benzene rings is 1. The molecule has 0 radical (unpaired) electrons. The molecule has 1 aromatic carbocycles. The molecule has 0 bridgehead atoms. The van der Waals surface area contributed by atoms with Crippen LogP contribution in [0, 0.1) is 0 Å². The monoisotopic (exact) mass is 462 g/mol. The highest BCUT2D eigenvalue weighted by Gasteiger charge is 2.40. The first-order chi connectivity index (χ1) is 14.5. The van der Waals surface area contributed by atoms with Crippen LogP contribution in [0.3, 0.4) is 0 Å². The predicted molar refractivity (Wildman–Crippen MR) is 117 cm³/mol. The van der Waals surface area contributed by atoms with Gasteiger partial charge in [-0.3, -0.25) is 19.3 Å². The Hall–Kier alpha value is -2.56. The fraction of sp³-hybridized carbons (Fsp3) is 0.211. The van der Waals surface area contributed by atoms with Crippen molar-refractivity contribution in [1.82, 2.24) is 10.2 Å². The smallest absolute Gasteiger partial charge is 0.284 e. The summed E-state index contributed by atoms with van der Waals surface area (Å²) >= 11 is 8.14. The van der Waals surface area contributed by atoms with Gasteiger partial charge in [0.15, 0.2) is 11.0 Å². The van der Waals surface area contributed by atoms with E-state index in [1.54, 1.807) is 36.4 Å². The van der Waals surface area contributed by atoms with E-state index in [0.29, 0.717) is 33.1 Å². The highest BCUT2D eigenvalue weighted by Crippen LogP contribution is 2.32. The van der Waals surface area contributed by atoms with Crippen LogP contribution in [0.2, 0.25) is 5.02 Å². The van der Waals surface area contributed by atoms with Crippen molar-refractivity contribution in [2.75, 3.05) is 5.75 Å². The summed E-state index contributed by atoms with van der Waals surface area (Å²) in [5.74, 6) is 0.984. The third-order valence-corrected chi connectivity index (χ3v) is 6.49. The lowest BCUT2D eigenvalue weighted by atomic mass is 10.1. The van der Waals surface area contributed by atoms with Crippen LogP contribution in [0.5, 0.6) is 0 Å². The lowest BCUT2D eigenvalue weighted by Crippen LogP contribution is -2.32. The summed E-state index contributed by atoms with van der Waals surface area (Å²) in [6, 6.07) is 10.0. The Morgan fingerprint density at radius 3 is 2.70 bits per heavy atom. The SMILES string of the molecule is O=C1NC(=NN=C2SC(CC(=O)c3ccc(Cl)cc3)C(=O)N2Cc2ccco2)CS1. The molecular formula is C19H15ClN4O4S2. The minimum Gasteiger partial charge on any atom is -0.467 e. The maximum atomic E-state index is 13.0. The molecule has 0 spiro atoms. The van der Waals surface area contributed by atoms with Gasteiger partial charge in [-0.15, -0.1) is 10.2 Å². The fourth-order valence-electron chi connectivity index (χ4n) is 2.82. The normalized spacial score (nSPS) is 21.6. The highest BCUT2D eigenvalue weighted by atomic mass is 35.5. The fourth-order valence-corrected chi connectivity index (χ4v) is 4.62. The summed E-state index contributed by atoms with van der Waals surface area (Å²) in [5.41, 5.74) is 0.488. The number of ketones is 1. The predicted octanol–water partition coefficient (Wildman–Crippen LogP) is 3.78. The van der Waals surface area contributed by atoms with Gasteiger partial charge in [-0.05, 0) is 36.4 Å². The molecule has 154 valence electrons. The van der Waals surface area contributed by atoms with Crippen LogP contribution in [0.1, 0.15) is 22.5 Å². The number of hydrogen-bond donors (Lipinski definition) is 1. The van der Waals surface area contributed by atoms with Gasteiger partial charge in [0.05, 0.1) is 23.8 Å². The van der Waals surface area contributed by atoms with Gasteiger partial charge in [-0.2, -0.15) is 0 Å². The molecule has 2 amide bonds. The molecule has 0 saturated carbocycles. The first-order valence-electron chi connectivity index (χ1n) is 8.87. The van der Waals surface area contributed by atoms with Crippen LogP contribution in [0.4, 0.5) is 4.79 Å². The third kappa shape index (κ3) is 4.77. The van der Waals surface area contributed by atoms with E-state index in [9.17, 15) is 14.4 Å². The Morgan fingerprint density at radius 1 is 1.23 bits per heavy atom. The van der Waals surface area contributed by atoms with Crippen molar-refractivity contribution in [1.29, 1.82) is 0 Å². The van der Waals surface area contributed by atoms with E-state index >= 15 is 0 Å². The molecule has 30 heavy (non-hydrogen) atoms. The molecule has 0 aliphatic carbocycles. The number of amides is 2. The number of hydrogen-bond acceptors (Lipinski definition) is 8. The van der Waals surface area contributed by atoms with Crippen molar-refractivity contribution < 1.29 is 18.8 Å². The number of thioether (sulfide) groups is 2. The number of carbonyl (C=O) groups is 3. The first kappa shape index (κ1) is 20.7. The van der Waals surface area contributed by atoms with Crippen LogP contribution in [-0.4, -0.2) is 43.8 Å². The number of nitrogens with zero attached hydrogens (tertiary/aromatic N) is 3. The maximum absolute atomic E-state index is 13.0. The minimum absolute atomic E-state index is 0.0158. The Balaban J connectivity index is 1.53. The van der Waals surface area contributed by atoms with Crippen molar-refractivity contribution in [2.24, 2.45) is 10.2 Å². The Kier molecular flexibility index (Phi) is 6.26. The average molecular weight is 463 g/mol. The van der Waals surface area contributed by atoms with Crippen LogP contribution >= 0.6 is 35.1 Å². The molecule has 11 heteroatoms. The Labute approximate surface area is 185 Å². The van der Waals surface area contributed by atoms with Crippen LogP contribution < -0.4 is 5.32 Å². The van der Waals surface area contributed by atoms with E-state index in [1.807, 2.05) is 0 Å². The Bertz CT molecular complexity index is 1040. The quantitative estimate of drug-likeness (QED) is 0.517. The second-order valence-electron chi connectivity index (χ2n) is 6.37. The van der Waals surface area contributed by atoms with Gasteiger partial charge in [-0.25, -0.2) is 0 Å². The number of furan rings is 1. The van der Waals surface area contributed by atoms with Crippen molar-refractivity contribution in [3.05, 3.63) is 59.0 Å². The number of Topliss-reactive ketones (excluding diaryl/α,β-unsaturated/α-hetero) is 1.